The lowest BCUT2D eigenvalue weighted by Crippen LogP contribution is -2.44. The Morgan fingerprint density at radius 3 is 2.41 bits per heavy atom. The molecule has 2 aliphatic heterocycles. The van der Waals surface area contributed by atoms with Crippen molar-refractivity contribution in [3.8, 4) is 0 Å². The maximum atomic E-state index is 13.1. The van der Waals surface area contributed by atoms with Crippen LogP contribution in [0.5, 0.6) is 0 Å². The number of rotatable bonds is 4. The summed E-state index contributed by atoms with van der Waals surface area (Å²) in [4.78, 5) is 11.2. The molecule has 0 amide bonds. The third kappa shape index (κ3) is 4.11. The van der Waals surface area contributed by atoms with Crippen molar-refractivity contribution in [2.75, 3.05) is 51.2 Å². The van der Waals surface area contributed by atoms with Crippen molar-refractivity contribution in [2.45, 2.75) is 25.3 Å². The minimum Gasteiger partial charge on any atom is -0.357 e. The van der Waals surface area contributed by atoms with E-state index in [2.05, 4.69) is 48.5 Å². The van der Waals surface area contributed by atoms with Crippen molar-refractivity contribution < 1.29 is 4.39 Å². The maximum absolute atomic E-state index is 13.1. The van der Waals surface area contributed by atoms with E-state index in [1.165, 1.54) is 12.3 Å². The first-order chi connectivity index (χ1) is 13.1. The molecule has 0 N–H and O–H groups in total. The van der Waals surface area contributed by atoms with Gasteiger partial charge in [-0.05, 0) is 32.0 Å². The third-order valence-corrected chi connectivity index (χ3v) is 5.86. The molecular weight excluding hydrogens is 345 g/mol. The summed E-state index contributed by atoms with van der Waals surface area (Å²) in [6, 6.07) is 3.23. The zero-order valence-corrected chi connectivity index (χ0v) is 16.2. The van der Waals surface area contributed by atoms with Crippen LogP contribution in [0.15, 0.2) is 18.3 Å². The quantitative estimate of drug-likeness (QED) is 0.809. The second kappa shape index (κ2) is 7.90. The third-order valence-electron chi connectivity index (χ3n) is 5.86. The van der Waals surface area contributed by atoms with Crippen molar-refractivity contribution in [3.63, 3.8) is 0 Å². The summed E-state index contributed by atoms with van der Waals surface area (Å²) in [5.74, 6) is 3.12. The number of piperidine rings is 1. The molecule has 2 aromatic heterocycles. The zero-order chi connectivity index (χ0) is 18.8. The van der Waals surface area contributed by atoms with Gasteiger partial charge in [-0.3, -0.25) is 4.90 Å². The Hall–Kier alpha value is -2.06. The van der Waals surface area contributed by atoms with Crippen LogP contribution in [-0.4, -0.2) is 75.9 Å². The molecule has 0 atom stereocenters. The lowest BCUT2D eigenvalue weighted by Gasteiger charge is -2.33. The van der Waals surface area contributed by atoms with Gasteiger partial charge in [-0.1, -0.05) is 0 Å². The highest BCUT2D eigenvalue weighted by atomic mass is 19.1. The molecule has 0 saturated carbocycles. The molecule has 2 aromatic rings. The van der Waals surface area contributed by atoms with Crippen LogP contribution in [-0.2, 0) is 13.6 Å². The number of halogens is 1. The number of likely N-dealkylation sites (N-methyl/N-ethyl adjacent to an activating group) is 1. The van der Waals surface area contributed by atoms with Gasteiger partial charge in [-0.15, -0.1) is 10.2 Å². The van der Waals surface area contributed by atoms with E-state index in [4.69, 9.17) is 0 Å². The van der Waals surface area contributed by atoms with Crippen molar-refractivity contribution in [3.05, 3.63) is 35.8 Å². The molecule has 0 spiro atoms. The van der Waals surface area contributed by atoms with Crippen LogP contribution in [0.4, 0.5) is 10.2 Å². The van der Waals surface area contributed by atoms with E-state index in [-0.39, 0.29) is 5.82 Å². The van der Waals surface area contributed by atoms with E-state index in [9.17, 15) is 4.39 Å². The Bertz CT molecular complexity index is 744. The molecular formula is C19H28FN7. The molecule has 0 aromatic carbocycles. The lowest BCUT2D eigenvalue weighted by molar-refractivity contribution is 0.144. The molecule has 4 heterocycles. The summed E-state index contributed by atoms with van der Waals surface area (Å²) >= 11 is 0. The molecule has 0 aliphatic carbocycles. The van der Waals surface area contributed by atoms with Crippen LogP contribution in [0.25, 0.3) is 0 Å². The molecule has 27 heavy (non-hydrogen) atoms. The van der Waals surface area contributed by atoms with Crippen LogP contribution < -0.4 is 4.90 Å². The Morgan fingerprint density at radius 1 is 1.00 bits per heavy atom. The van der Waals surface area contributed by atoms with Gasteiger partial charge in [0.05, 0.1) is 12.7 Å². The summed E-state index contributed by atoms with van der Waals surface area (Å²) < 4.78 is 15.3. The van der Waals surface area contributed by atoms with Crippen LogP contribution in [0.3, 0.4) is 0 Å². The van der Waals surface area contributed by atoms with Crippen LogP contribution in [0.1, 0.15) is 30.4 Å². The molecule has 0 bridgehead atoms. The summed E-state index contributed by atoms with van der Waals surface area (Å²) in [6.45, 7) is 7.08. The van der Waals surface area contributed by atoms with Crippen molar-refractivity contribution >= 4 is 5.82 Å². The largest absolute Gasteiger partial charge is 0.357 e. The standard InChI is InChI=1S/C19H28FN7/c1-24-9-11-26(12-10-24)14-18-22-23-19(25(18)2)15-5-7-27(8-6-15)17-4-3-16(20)13-21-17/h3-4,13,15H,5-12,14H2,1-2H3. The predicted octanol–water partition coefficient (Wildman–Crippen LogP) is 1.48. The minimum absolute atomic E-state index is 0.291. The summed E-state index contributed by atoms with van der Waals surface area (Å²) in [5.41, 5.74) is 0. The maximum Gasteiger partial charge on any atom is 0.146 e. The zero-order valence-electron chi connectivity index (χ0n) is 16.2. The molecule has 2 saturated heterocycles. The molecule has 7 nitrogen and oxygen atoms in total. The van der Waals surface area contributed by atoms with Crippen molar-refractivity contribution in [2.24, 2.45) is 7.05 Å². The van der Waals surface area contributed by atoms with Gasteiger partial charge in [0.2, 0.25) is 0 Å². The van der Waals surface area contributed by atoms with Gasteiger partial charge < -0.3 is 14.4 Å². The average Bonchev–Trinajstić information content (AvgIpc) is 3.05. The number of pyridine rings is 1. The van der Waals surface area contributed by atoms with Gasteiger partial charge in [0.15, 0.2) is 0 Å². The first-order valence-corrected chi connectivity index (χ1v) is 9.75. The van der Waals surface area contributed by atoms with Gasteiger partial charge in [-0.2, -0.15) is 0 Å². The van der Waals surface area contributed by atoms with E-state index in [0.717, 1.165) is 76.1 Å². The van der Waals surface area contributed by atoms with E-state index in [1.807, 2.05) is 0 Å². The molecule has 2 aliphatic rings. The molecule has 146 valence electrons. The number of nitrogens with zero attached hydrogens (tertiary/aromatic N) is 7. The minimum atomic E-state index is -0.291. The van der Waals surface area contributed by atoms with E-state index < -0.39 is 0 Å². The highest BCUT2D eigenvalue weighted by molar-refractivity contribution is 5.38. The number of aromatic nitrogens is 4. The fourth-order valence-corrected chi connectivity index (χ4v) is 4.00. The Balaban J connectivity index is 1.36. The number of hydrogen-bond acceptors (Lipinski definition) is 6. The summed E-state index contributed by atoms with van der Waals surface area (Å²) in [6.07, 6.45) is 3.31. The van der Waals surface area contributed by atoms with Gasteiger partial charge in [0.25, 0.3) is 0 Å². The average molecular weight is 373 g/mol. The highest BCUT2D eigenvalue weighted by Crippen LogP contribution is 2.29. The molecule has 4 rings (SSSR count). The Labute approximate surface area is 159 Å². The summed E-state index contributed by atoms with van der Waals surface area (Å²) in [5, 5.41) is 9.00. The number of anilines is 1. The smallest absolute Gasteiger partial charge is 0.146 e. The fourth-order valence-electron chi connectivity index (χ4n) is 4.00. The van der Waals surface area contributed by atoms with Crippen LogP contribution in [0.2, 0.25) is 0 Å². The second-order valence-electron chi connectivity index (χ2n) is 7.71. The SMILES string of the molecule is CN1CCN(Cc2nnc(C3CCN(c4ccc(F)cn4)CC3)n2C)CC1. The van der Waals surface area contributed by atoms with Crippen molar-refractivity contribution in [1.29, 1.82) is 0 Å². The number of hydrogen-bond donors (Lipinski definition) is 0. The van der Waals surface area contributed by atoms with Crippen LogP contribution in [0, 0.1) is 5.82 Å². The highest BCUT2D eigenvalue weighted by Gasteiger charge is 2.26. The first kappa shape index (κ1) is 18.3. The Morgan fingerprint density at radius 2 is 1.74 bits per heavy atom. The van der Waals surface area contributed by atoms with Crippen molar-refractivity contribution in [1.82, 2.24) is 29.5 Å². The molecule has 0 radical (unpaired) electrons. The summed E-state index contributed by atoms with van der Waals surface area (Å²) in [7, 11) is 4.26. The molecule has 2 fully saturated rings. The van der Waals surface area contributed by atoms with Crippen LogP contribution >= 0.6 is 0 Å². The van der Waals surface area contributed by atoms with Gasteiger partial charge in [0, 0.05) is 52.2 Å². The van der Waals surface area contributed by atoms with Gasteiger partial charge in [0.1, 0.15) is 23.3 Å². The lowest BCUT2D eigenvalue weighted by atomic mass is 9.96. The first-order valence-electron chi connectivity index (χ1n) is 9.75. The second-order valence-corrected chi connectivity index (χ2v) is 7.71. The van der Waals surface area contributed by atoms with Gasteiger partial charge in [-0.25, -0.2) is 9.37 Å². The Kier molecular flexibility index (Phi) is 5.36. The van der Waals surface area contributed by atoms with E-state index in [0.29, 0.717) is 5.92 Å². The van der Waals surface area contributed by atoms with E-state index in [1.54, 1.807) is 6.07 Å². The predicted molar refractivity (Wildman–Crippen MR) is 102 cm³/mol. The van der Waals surface area contributed by atoms with Gasteiger partial charge >= 0.3 is 0 Å². The normalized spacial score (nSPS) is 20.3. The van der Waals surface area contributed by atoms with E-state index >= 15 is 0 Å². The topological polar surface area (TPSA) is 53.3 Å². The molecule has 8 heteroatoms. The monoisotopic (exact) mass is 373 g/mol. The molecule has 0 unspecified atom stereocenters. The number of piperazine rings is 1. The fraction of sp³-hybridized carbons (Fsp3) is 0.632.